The minimum atomic E-state index is -1.46. The van der Waals surface area contributed by atoms with Crippen molar-refractivity contribution in [3.05, 3.63) is 53.9 Å². The van der Waals surface area contributed by atoms with Gasteiger partial charge in [0.2, 0.25) is 0 Å². The third-order valence-corrected chi connectivity index (χ3v) is 3.90. The van der Waals surface area contributed by atoms with Crippen molar-refractivity contribution in [1.29, 1.82) is 0 Å². The van der Waals surface area contributed by atoms with Gasteiger partial charge in [-0.3, -0.25) is 9.37 Å². The summed E-state index contributed by atoms with van der Waals surface area (Å²) in [6, 6.07) is 10.7. The van der Waals surface area contributed by atoms with Crippen LogP contribution in [-0.2, 0) is 10.4 Å². The fraction of sp³-hybridized carbons (Fsp3) is 0.353. The van der Waals surface area contributed by atoms with Crippen LogP contribution in [0.1, 0.15) is 23.8 Å². The first kappa shape index (κ1) is 15.1. The molecule has 1 aliphatic heterocycles. The molecular weight excluding hydrogens is 288 g/mol. The summed E-state index contributed by atoms with van der Waals surface area (Å²) < 4.78 is 31.3. The maximum absolute atomic E-state index is 14.1. The first-order valence-corrected chi connectivity index (χ1v) is 7.20. The molecule has 5 heteroatoms. The molecule has 1 fully saturated rings. The number of pyridine rings is 1. The quantitative estimate of drug-likeness (QED) is 0.921. The summed E-state index contributed by atoms with van der Waals surface area (Å²) in [6.07, 6.45) is 0.933. The molecule has 1 saturated heterocycles. The number of ether oxygens (including phenoxy) is 1. The van der Waals surface area contributed by atoms with Gasteiger partial charge in [0.1, 0.15) is 0 Å². The van der Waals surface area contributed by atoms with E-state index in [-0.39, 0.29) is 19.6 Å². The van der Waals surface area contributed by atoms with Crippen LogP contribution in [0.5, 0.6) is 0 Å². The predicted octanol–water partition coefficient (Wildman–Crippen LogP) is 3.34. The number of rotatable bonds is 5. The molecule has 1 aromatic heterocycles. The monoisotopic (exact) mass is 305 g/mol. The molecule has 3 nitrogen and oxygen atoms in total. The number of benzene rings is 1. The van der Waals surface area contributed by atoms with E-state index < -0.39 is 18.4 Å². The maximum atomic E-state index is 14.1. The molecule has 0 spiro atoms. The van der Waals surface area contributed by atoms with Crippen LogP contribution in [0.2, 0.25) is 0 Å². The van der Waals surface area contributed by atoms with E-state index >= 15 is 0 Å². The molecule has 0 saturated carbocycles. The van der Waals surface area contributed by atoms with Gasteiger partial charge in [0.15, 0.2) is 5.67 Å². The first-order chi connectivity index (χ1) is 10.6. The summed E-state index contributed by atoms with van der Waals surface area (Å²) in [5.41, 5.74) is 1.38. The summed E-state index contributed by atoms with van der Waals surface area (Å²) in [7, 11) is 0. The van der Waals surface area contributed by atoms with E-state index in [1.165, 1.54) is 0 Å². The molecule has 0 amide bonds. The van der Waals surface area contributed by atoms with Crippen LogP contribution in [0.4, 0.5) is 8.78 Å². The first-order valence-electron chi connectivity index (χ1n) is 7.20. The molecule has 1 N–H and O–H groups in total. The van der Waals surface area contributed by atoms with Crippen LogP contribution in [0.25, 0.3) is 11.1 Å². The minimum absolute atomic E-state index is 0.0561. The Morgan fingerprint density at radius 3 is 2.32 bits per heavy atom. The van der Waals surface area contributed by atoms with Crippen LogP contribution in [0, 0.1) is 0 Å². The Morgan fingerprint density at radius 1 is 1.14 bits per heavy atom. The van der Waals surface area contributed by atoms with Gasteiger partial charge in [-0.05, 0) is 17.2 Å². The minimum Gasteiger partial charge on any atom is -0.388 e. The Kier molecular flexibility index (Phi) is 4.18. The maximum Gasteiger partial charge on any atom is 0.198 e. The summed E-state index contributed by atoms with van der Waals surface area (Å²) in [6.45, 7) is -0.440. The number of hydrogen-bond donors (Lipinski definition) is 1. The molecule has 1 unspecified atom stereocenters. The fourth-order valence-corrected chi connectivity index (χ4v) is 2.43. The number of aliphatic hydroxyl groups is 1. The van der Waals surface area contributed by atoms with Crippen molar-refractivity contribution in [1.82, 2.24) is 4.98 Å². The Morgan fingerprint density at radius 2 is 1.82 bits per heavy atom. The highest BCUT2D eigenvalue weighted by Gasteiger charge is 2.41. The largest absolute Gasteiger partial charge is 0.388 e. The normalized spacial score (nSPS) is 17.8. The SMILES string of the molecule is OC(CCF)c1ccc(-c2ccc(C3(F)COC3)nc2)cc1. The van der Waals surface area contributed by atoms with Crippen LogP contribution >= 0.6 is 0 Å². The standard InChI is InChI=1S/C17H17F2NO2/c18-8-7-15(21)13-3-1-12(2-4-13)14-5-6-16(20-9-14)17(19)10-22-11-17/h1-6,9,15,21H,7-8,10-11H2. The lowest BCUT2D eigenvalue weighted by Crippen LogP contribution is -2.43. The zero-order chi connectivity index (χ0) is 15.6. The highest BCUT2D eigenvalue weighted by atomic mass is 19.1. The van der Waals surface area contributed by atoms with E-state index in [9.17, 15) is 13.9 Å². The molecular formula is C17H17F2NO2. The molecule has 22 heavy (non-hydrogen) atoms. The van der Waals surface area contributed by atoms with Crippen molar-refractivity contribution in [2.24, 2.45) is 0 Å². The smallest absolute Gasteiger partial charge is 0.198 e. The van der Waals surface area contributed by atoms with Crippen molar-refractivity contribution in [3.8, 4) is 11.1 Å². The van der Waals surface area contributed by atoms with Crippen LogP contribution in [0.3, 0.4) is 0 Å². The number of aliphatic hydroxyl groups excluding tert-OH is 1. The predicted molar refractivity (Wildman–Crippen MR) is 78.8 cm³/mol. The molecule has 2 heterocycles. The van der Waals surface area contributed by atoms with E-state index in [4.69, 9.17) is 4.74 Å². The summed E-state index contributed by atoms with van der Waals surface area (Å²) >= 11 is 0. The molecule has 1 aromatic carbocycles. The lowest BCUT2D eigenvalue weighted by molar-refractivity contribution is -0.137. The van der Waals surface area contributed by atoms with Gasteiger partial charge < -0.3 is 9.84 Å². The van der Waals surface area contributed by atoms with Crippen molar-refractivity contribution >= 4 is 0 Å². The van der Waals surface area contributed by atoms with E-state index in [0.29, 0.717) is 11.3 Å². The van der Waals surface area contributed by atoms with Crippen molar-refractivity contribution in [2.45, 2.75) is 18.2 Å². The fourth-order valence-electron chi connectivity index (χ4n) is 2.43. The molecule has 1 atom stereocenters. The van der Waals surface area contributed by atoms with E-state index in [2.05, 4.69) is 4.98 Å². The lowest BCUT2D eigenvalue weighted by atomic mass is 9.97. The third-order valence-electron chi connectivity index (χ3n) is 3.90. The van der Waals surface area contributed by atoms with Gasteiger partial charge >= 0.3 is 0 Å². The lowest BCUT2D eigenvalue weighted by Gasteiger charge is -2.32. The van der Waals surface area contributed by atoms with Crippen molar-refractivity contribution in [3.63, 3.8) is 0 Å². The van der Waals surface area contributed by atoms with Crippen LogP contribution < -0.4 is 0 Å². The summed E-state index contributed by atoms with van der Waals surface area (Å²) in [5.74, 6) is 0. The van der Waals surface area contributed by atoms with Gasteiger partial charge in [-0.15, -0.1) is 0 Å². The van der Waals surface area contributed by atoms with E-state index in [0.717, 1.165) is 11.1 Å². The number of alkyl halides is 2. The molecule has 3 rings (SSSR count). The van der Waals surface area contributed by atoms with Crippen molar-refractivity contribution < 1.29 is 18.6 Å². The summed E-state index contributed by atoms with van der Waals surface area (Å²) in [5, 5.41) is 9.74. The molecule has 2 aromatic rings. The average Bonchev–Trinajstić information content (AvgIpc) is 2.53. The Balaban J connectivity index is 1.76. The van der Waals surface area contributed by atoms with E-state index in [1.807, 2.05) is 18.2 Å². The van der Waals surface area contributed by atoms with Gasteiger partial charge in [0.25, 0.3) is 0 Å². The summed E-state index contributed by atoms with van der Waals surface area (Å²) in [4.78, 5) is 4.18. The average molecular weight is 305 g/mol. The zero-order valence-electron chi connectivity index (χ0n) is 12.0. The highest BCUT2D eigenvalue weighted by Crippen LogP contribution is 2.33. The molecule has 0 radical (unpaired) electrons. The second-order valence-electron chi connectivity index (χ2n) is 5.51. The number of aromatic nitrogens is 1. The molecule has 116 valence electrons. The second-order valence-corrected chi connectivity index (χ2v) is 5.51. The van der Waals surface area contributed by atoms with Gasteiger partial charge in [0, 0.05) is 18.2 Å². The van der Waals surface area contributed by atoms with Gasteiger partial charge in [-0.2, -0.15) is 0 Å². The number of hydrogen-bond acceptors (Lipinski definition) is 3. The topological polar surface area (TPSA) is 42.4 Å². The molecule has 0 aliphatic carbocycles. The Bertz CT molecular complexity index is 624. The Labute approximate surface area is 127 Å². The zero-order valence-corrected chi connectivity index (χ0v) is 12.0. The van der Waals surface area contributed by atoms with Gasteiger partial charge in [0.05, 0.1) is 31.7 Å². The van der Waals surface area contributed by atoms with Crippen LogP contribution in [-0.4, -0.2) is 30.0 Å². The van der Waals surface area contributed by atoms with Gasteiger partial charge in [-0.25, -0.2) is 4.39 Å². The Hall–Kier alpha value is -1.85. The van der Waals surface area contributed by atoms with E-state index in [1.54, 1.807) is 24.4 Å². The second kappa shape index (κ2) is 6.10. The van der Waals surface area contributed by atoms with Crippen molar-refractivity contribution in [2.75, 3.05) is 19.9 Å². The third kappa shape index (κ3) is 2.87. The van der Waals surface area contributed by atoms with Crippen LogP contribution in [0.15, 0.2) is 42.6 Å². The van der Waals surface area contributed by atoms with Gasteiger partial charge in [-0.1, -0.05) is 30.3 Å². The highest BCUT2D eigenvalue weighted by molar-refractivity contribution is 5.63. The molecule has 1 aliphatic rings. The molecule has 0 bridgehead atoms. The number of nitrogens with zero attached hydrogens (tertiary/aromatic N) is 1. The number of halogens is 2.